The highest BCUT2D eigenvalue weighted by Crippen LogP contribution is 2.05. The number of hydrogen-bond acceptors (Lipinski definition) is 3. The van der Waals surface area contributed by atoms with Crippen LogP contribution in [0.3, 0.4) is 0 Å². The number of aryl methyl sites for hydroxylation is 1. The van der Waals surface area contributed by atoms with E-state index in [4.69, 9.17) is 0 Å². The third-order valence-electron chi connectivity index (χ3n) is 2.02. The Balaban J connectivity index is 0.000000720. The third kappa shape index (κ3) is 1.44. The highest BCUT2D eigenvalue weighted by molar-refractivity contribution is 5.85. The molecule has 2 heterocycles. The van der Waals surface area contributed by atoms with Crippen molar-refractivity contribution in [1.29, 1.82) is 0 Å². The predicted molar refractivity (Wildman–Crippen MR) is 48.4 cm³/mol. The molecule has 0 spiro atoms. The number of aromatic nitrogens is 3. The van der Waals surface area contributed by atoms with Crippen molar-refractivity contribution in [3.05, 3.63) is 11.6 Å². The van der Waals surface area contributed by atoms with Gasteiger partial charge in [0.1, 0.15) is 11.6 Å². The van der Waals surface area contributed by atoms with Crippen LogP contribution in [0, 0.1) is 0 Å². The van der Waals surface area contributed by atoms with Crippen molar-refractivity contribution >= 4 is 12.4 Å². The Morgan fingerprint density at radius 3 is 3.08 bits per heavy atom. The van der Waals surface area contributed by atoms with Crippen LogP contribution in [-0.2, 0) is 19.5 Å². The second kappa shape index (κ2) is 3.87. The lowest BCUT2D eigenvalue weighted by atomic mass is 10.4. The SMILES string of the molecule is CCc1nnc2n1CCNC2.Cl. The monoisotopic (exact) mass is 188 g/mol. The number of hydrogen-bond donors (Lipinski definition) is 1. The maximum Gasteiger partial charge on any atom is 0.147 e. The normalized spacial score (nSPS) is 15.1. The molecule has 0 amide bonds. The van der Waals surface area contributed by atoms with E-state index in [1.165, 1.54) is 0 Å². The average molecular weight is 189 g/mol. The highest BCUT2D eigenvalue weighted by Gasteiger charge is 2.12. The first-order valence-electron chi connectivity index (χ1n) is 4.03. The summed E-state index contributed by atoms with van der Waals surface area (Å²) in [7, 11) is 0. The molecule has 0 aliphatic carbocycles. The molecule has 4 nitrogen and oxygen atoms in total. The predicted octanol–water partition coefficient (Wildman–Crippen LogP) is 0.365. The van der Waals surface area contributed by atoms with Gasteiger partial charge in [0.2, 0.25) is 0 Å². The van der Waals surface area contributed by atoms with Crippen molar-refractivity contribution in [2.75, 3.05) is 6.54 Å². The second-order valence-electron chi connectivity index (χ2n) is 2.71. The summed E-state index contributed by atoms with van der Waals surface area (Å²) < 4.78 is 2.20. The molecule has 0 atom stereocenters. The van der Waals surface area contributed by atoms with E-state index in [0.29, 0.717) is 0 Å². The van der Waals surface area contributed by atoms with E-state index in [1.54, 1.807) is 0 Å². The quantitative estimate of drug-likeness (QED) is 0.693. The minimum absolute atomic E-state index is 0. The molecule has 0 unspecified atom stereocenters. The van der Waals surface area contributed by atoms with Crippen molar-refractivity contribution < 1.29 is 0 Å². The second-order valence-corrected chi connectivity index (χ2v) is 2.71. The van der Waals surface area contributed by atoms with E-state index in [0.717, 1.165) is 37.7 Å². The van der Waals surface area contributed by atoms with Crippen LogP contribution in [0.5, 0.6) is 0 Å². The van der Waals surface area contributed by atoms with Gasteiger partial charge < -0.3 is 9.88 Å². The van der Waals surface area contributed by atoms with Crippen LogP contribution in [0.25, 0.3) is 0 Å². The summed E-state index contributed by atoms with van der Waals surface area (Å²) in [5.74, 6) is 2.19. The van der Waals surface area contributed by atoms with E-state index in [9.17, 15) is 0 Å². The van der Waals surface area contributed by atoms with E-state index in [1.807, 2.05) is 0 Å². The largest absolute Gasteiger partial charge is 0.313 e. The van der Waals surface area contributed by atoms with Gasteiger partial charge in [-0.3, -0.25) is 0 Å². The maximum atomic E-state index is 4.09. The summed E-state index contributed by atoms with van der Waals surface area (Å²) in [5, 5.41) is 11.4. The fraction of sp³-hybridized carbons (Fsp3) is 0.714. The minimum atomic E-state index is 0. The van der Waals surface area contributed by atoms with Gasteiger partial charge in [-0.15, -0.1) is 22.6 Å². The van der Waals surface area contributed by atoms with E-state index in [2.05, 4.69) is 27.0 Å². The van der Waals surface area contributed by atoms with Crippen LogP contribution in [-0.4, -0.2) is 21.3 Å². The molecule has 0 fully saturated rings. The third-order valence-corrected chi connectivity index (χ3v) is 2.02. The fourth-order valence-electron chi connectivity index (χ4n) is 1.41. The summed E-state index contributed by atoms with van der Waals surface area (Å²) >= 11 is 0. The molecule has 12 heavy (non-hydrogen) atoms. The van der Waals surface area contributed by atoms with Crippen LogP contribution in [0.4, 0.5) is 0 Å². The van der Waals surface area contributed by atoms with Crippen molar-refractivity contribution in [3.8, 4) is 0 Å². The Labute approximate surface area is 77.8 Å². The van der Waals surface area contributed by atoms with Gasteiger partial charge in [0.15, 0.2) is 0 Å². The van der Waals surface area contributed by atoms with Crippen LogP contribution in [0.2, 0.25) is 0 Å². The van der Waals surface area contributed by atoms with E-state index < -0.39 is 0 Å². The lowest BCUT2D eigenvalue weighted by Crippen LogP contribution is -2.29. The molecule has 2 rings (SSSR count). The van der Waals surface area contributed by atoms with Gasteiger partial charge >= 0.3 is 0 Å². The van der Waals surface area contributed by atoms with Crippen molar-refractivity contribution in [1.82, 2.24) is 20.1 Å². The molecule has 0 aromatic carbocycles. The number of rotatable bonds is 1. The Morgan fingerprint density at radius 2 is 2.33 bits per heavy atom. The van der Waals surface area contributed by atoms with Gasteiger partial charge in [0.05, 0.1) is 6.54 Å². The summed E-state index contributed by atoms with van der Waals surface area (Å²) in [4.78, 5) is 0. The van der Waals surface area contributed by atoms with Gasteiger partial charge in [-0.2, -0.15) is 0 Å². The molecule has 0 bridgehead atoms. The summed E-state index contributed by atoms with van der Waals surface area (Å²) in [6.45, 7) is 5.04. The van der Waals surface area contributed by atoms with Crippen molar-refractivity contribution in [2.45, 2.75) is 26.4 Å². The molecule has 0 saturated carbocycles. The van der Waals surface area contributed by atoms with Crippen LogP contribution < -0.4 is 5.32 Å². The Kier molecular flexibility index (Phi) is 3.05. The number of nitrogens with one attached hydrogen (secondary N) is 1. The molecule has 0 radical (unpaired) electrons. The summed E-state index contributed by atoms with van der Waals surface area (Å²) in [5.41, 5.74) is 0. The zero-order valence-electron chi connectivity index (χ0n) is 7.08. The van der Waals surface area contributed by atoms with Gasteiger partial charge in [0.25, 0.3) is 0 Å². The van der Waals surface area contributed by atoms with Gasteiger partial charge in [-0.25, -0.2) is 0 Å². The molecular weight excluding hydrogens is 176 g/mol. The molecule has 1 aromatic heterocycles. The van der Waals surface area contributed by atoms with Gasteiger partial charge in [-0.1, -0.05) is 6.92 Å². The van der Waals surface area contributed by atoms with Crippen LogP contribution >= 0.6 is 12.4 Å². The van der Waals surface area contributed by atoms with Crippen molar-refractivity contribution in [2.24, 2.45) is 0 Å². The maximum absolute atomic E-state index is 4.09. The average Bonchev–Trinajstić information content (AvgIpc) is 2.47. The first-order valence-corrected chi connectivity index (χ1v) is 4.03. The lowest BCUT2D eigenvalue weighted by molar-refractivity contribution is 0.494. The van der Waals surface area contributed by atoms with E-state index >= 15 is 0 Å². The standard InChI is InChI=1S/C7H12N4.ClH/c1-2-6-9-10-7-5-8-3-4-11(6)7;/h8H,2-5H2,1H3;1H. The smallest absolute Gasteiger partial charge is 0.147 e. The van der Waals surface area contributed by atoms with Crippen LogP contribution in [0.15, 0.2) is 0 Å². The van der Waals surface area contributed by atoms with Gasteiger partial charge in [-0.05, 0) is 0 Å². The van der Waals surface area contributed by atoms with Gasteiger partial charge in [0, 0.05) is 19.5 Å². The summed E-state index contributed by atoms with van der Waals surface area (Å²) in [6.07, 6.45) is 0.979. The minimum Gasteiger partial charge on any atom is -0.313 e. The molecule has 1 N–H and O–H groups in total. The topological polar surface area (TPSA) is 42.7 Å². The number of nitrogens with zero attached hydrogens (tertiary/aromatic N) is 3. The first-order chi connectivity index (χ1) is 5.42. The number of halogens is 1. The lowest BCUT2D eigenvalue weighted by Gasteiger charge is -2.15. The Hall–Kier alpha value is -0.610. The Morgan fingerprint density at radius 1 is 1.50 bits per heavy atom. The molecule has 0 saturated heterocycles. The first kappa shape index (κ1) is 9.48. The van der Waals surface area contributed by atoms with E-state index in [-0.39, 0.29) is 12.4 Å². The molecular formula is C7H13ClN4. The zero-order valence-corrected chi connectivity index (χ0v) is 7.89. The zero-order chi connectivity index (χ0) is 7.68. The molecule has 5 heteroatoms. The fourth-order valence-corrected chi connectivity index (χ4v) is 1.41. The Bertz CT molecular complexity index is 244. The molecule has 1 aliphatic rings. The van der Waals surface area contributed by atoms with Crippen molar-refractivity contribution in [3.63, 3.8) is 0 Å². The molecule has 1 aromatic rings. The number of fused-ring (bicyclic) bond motifs is 1. The molecule has 68 valence electrons. The summed E-state index contributed by atoms with van der Waals surface area (Å²) in [6, 6.07) is 0. The van der Waals surface area contributed by atoms with Crippen LogP contribution in [0.1, 0.15) is 18.6 Å². The molecule has 1 aliphatic heterocycles. The highest BCUT2D eigenvalue weighted by atomic mass is 35.5.